The number of rotatable bonds is 4. The number of aliphatic hydroxyl groups excluding tert-OH is 1. The lowest BCUT2D eigenvalue weighted by atomic mass is 10.0. The van der Waals surface area contributed by atoms with Gasteiger partial charge in [-0.1, -0.05) is 0 Å². The highest BCUT2D eigenvalue weighted by molar-refractivity contribution is 5.95. The molecule has 1 amide bonds. The Bertz CT molecular complexity index is 449. The van der Waals surface area contributed by atoms with E-state index in [9.17, 15) is 4.79 Å². The first-order valence-electron chi connectivity index (χ1n) is 5.51. The fourth-order valence-corrected chi connectivity index (χ4v) is 1.56. The van der Waals surface area contributed by atoms with E-state index in [0.717, 1.165) is 5.56 Å². The monoisotopic (exact) mass is 232 g/mol. The number of hydrogen-bond donors (Lipinski definition) is 2. The van der Waals surface area contributed by atoms with E-state index in [-0.39, 0.29) is 18.6 Å². The van der Waals surface area contributed by atoms with Crippen LogP contribution in [0.3, 0.4) is 0 Å². The van der Waals surface area contributed by atoms with Gasteiger partial charge in [0, 0.05) is 18.2 Å². The summed E-state index contributed by atoms with van der Waals surface area (Å²) < 4.78 is 0. The molecule has 1 aromatic rings. The zero-order chi connectivity index (χ0) is 12.8. The minimum absolute atomic E-state index is 0.0494. The topological polar surface area (TPSA) is 73.1 Å². The molecule has 0 aromatic heterocycles. The Morgan fingerprint density at radius 3 is 2.82 bits per heavy atom. The van der Waals surface area contributed by atoms with E-state index in [0.29, 0.717) is 17.5 Å². The Morgan fingerprint density at radius 1 is 1.59 bits per heavy atom. The first kappa shape index (κ1) is 13.2. The van der Waals surface area contributed by atoms with Gasteiger partial charge >= 0.3 is 0 Å². The van der Waals surface area contributed by atoms with Crippen molar-refractivity contribution in [2.75, 3.05) is 6.61 Å². The zero-order valence-corrected chi connectivity index (χ0v) is 10.0. The van der Waals surface area contributed by atoms with Crippen LogP contribution in [0.2, 0.25) is 0 Å². The van der Waals surface area contributed by atoms with Crippen LogP contribution in [0.5, 0.6) is 0 Å². The lowest BCUT2D eigenvalue weighted by Gasteiger charge is -2.13. The highest BCUT2D eigenvalue weighted by atomic mass is 16.3. The molecule has 0 aliphatic heterocycles. The SMILES string of the molecule is Cc1cc(C#N)ccc1C(=O)NC(C)CCO. The third-order valence-corrected chi connectivity index (χ3v) is 2.54. The molecule has 0 spiro atoms. The maximum atomic E-state index is 11.9. The van der Waals surface area contributed by atoms with Gasteiger partial charge in [0.25, 0.3) is 5.91 Å². The molecule has 1 atom stereocenters. The van der Waals surface area contributed by atoms with Crippen LogP contribution in [0, 0.1) is 18.3 Å². The van der Waals surface area contributed by atoms with Crippen LogP contribution in [-0.2, 0) is 0 Å². The van der Waals surface area contributed by atoms with Gasteiger partial charge in [0.05, 0.1) is 11.6 Å². The van der Waals surface area contributed by atoms with Gasteiger partial charge in [-0.2, -0.15) is 5.26 Å². The van der Waals surface area contributed by atoms with Gasteiger partial charge in [-0.15, -0.1) is 0 Å². The molecule has 0 bridgehead atoms. The number of aryl methyl sites for hydroxylation is 1. The molecule has 0 aliphatic carbocycles. The normalized spacial score (nSPS) is 11.6. The van der Waals surface area contributed by atoms with Crippen molar-refractivity contribution in [3.8, 4) is 6.07 Å². The molecule has 90 valence electrons. The van der Waals surface area contributed by atoms with E-state index < -0.39 is 0 Å². The van der Waals surface area contributed by atoms with E-state index in [4.69, 9.17) is 10.4 Å². The highest BCUT2D eigenvalue weighted by Crippen LogP contribution is 2.10. The molecule has 1 aromatic carbocycles. The molecular formula is C13H16N2O2. The van der Waals surface area contributed by atoms with Gasteiger partial charge in [-0.25, -0.2) is 0 Å². The number of aliphatic hydroxyl groups is 1. The van der Waals surface area contributed by atoms with Gasteiger partial charge in [-0.3, -0.25) is 4.79 Å². The van der Waals surface area contributed by atoms with Crippen molar-refractivity contribution >= 4 is 5.91 Å². The average Bonchev–Trinajstić information content (AvgIpc) is 2.28. The number of amides is 1. The van der Waals surface area contributed by atoms with Crippen LogP contribution in [0.15, 0.2) is 18.2 Å². The summed E-state index contributed by atoms with van der Waals surface area (Å²) in [5, 5.41) is 20.3. The minimum Gasteiger partial charge on any atom is -0.396 e. The zero-order valence-electron chi connectivity index (χ0n) is 10.0. The summed E-state index contributed by atoms with van der Waals surface area (Å²) in [4.78, 5) is 11.9. The first-order chi connectivity index (χ1) is 8.08. The van der Waals surface area contributed by atoms with Crippen LogP contribution < -0.4 is 5.32 Å². The highest BCUT2D eigenvalue weighted by Gasteiger charge is 2.11. The molecule has 0 saturated carbocycles. The Morgan fingerprint density at radius 2 is 2.29 bits per heavy atom. The molecule has 1 rings (SSSR count). The van der Waals surface area contributed by atoms with Crippen molar-refractivity contribution in [2.24, 2.45) is 0 Å². The molecule has 0 fully saturated rings. The fourth-order valence-electron chi connectivity index (χ4n) is 1.56. The van der Waals surface area contributed by atoms with Crippen molar-refractivity contribution in [1.82, 2.24) is 5.32 Å². The molecular weight excluding hydrogens is 216 g/mol. The number of benzene rings is 1. The molecule has 4 nitrogen and oxygen atoms in total. The van der Waals surface area contributed by atoms with Crippen LogP contribution in [0.1, 0.15) is 34.8 Å². The van der Waals surface area contributed by atoms with Crippen LogP contribution in [-0.4, -0.2) is 23.7 Å². The van der Waals surface area contributed by atoms with Gasteiger partial charge in [0.15, 0.2) is 0 Å². The summed E-state index contributed by atoms with van der Waals surface area (Å²) in [6, 6.07) is 6.92. The third-order valence-electron chi connectivity index (χ3n) is 2.54. The second kappa shape index (κ2) is 6.02. The van der Waals surface area contributed by atoms with Crippen LogP contribution in [0.25, 0.3) is 0 Å². The maximum absolute atomic E-state index is 11.9. The Balaban J connectivity index is 2.80. The summed E-state index contributed by atoms with van der Waals surface area (Å²) in [6.07, 6.45) is 0.529. The number of hydrogen-bond acceptors (Lipinski definition) is 3. The van der Waals surface area contributed by atoms with E-state index in [1.165, 1.54) is 0 Å². The third kappa shape index (κ3) is 3.58. The molecule has 4 heteroatoms. The largest absolute Gasteiger partial charge is 0.396 e. The van der Waals surface area contributed by atoms with Gasteiger partial charge < -0.3 is 10.4 Å². The smallest absolute Gasteiger partial charge is 0.251 e. The molecule has 17 heavy (non-hydrogen) atoms. The standard InChI is InChI=1S/C13H16N2O2/c1-9-7-11(8-14)3-4-12(9)13(17)15-10(2)5-6-16/h3-4,7,10,16H,5-6H2,1-2H3,(H,15,17). The minimum atomic E-state index is -0.173. The number of carbonyl (C=O) groups excluding carboxylic acids is 1. The summed E-state index contributed by atoms with van der Waals surface area (Å²) in [7, 11) is 0. The lowest BCUT2D eigenvalue weighted by molar-refractivity contribution is 0.0934. The Labute approximate surface area is 101 Å². The second-order valence-corrected chi connectivity index (χ2v) is 4.03. The van der Waals surface area contributed by atoms with Crippen LogP contribution in [0.4, 0.5) is 0 Å². The summed E-state index contributed by atoms with van der Waals surface area (Å²) in [6.45, 7) is 3.69. The van der Waals surface area contributed by atoms with Crippen molar-refractivity contribution < 1.29 is 9.90 Å². The predicted molar refractivity (Wildman–Crippen MR) is 64.5 cm³/mol. The van der Waals surface area contributed by atoms with Crippen LogP contribution >= 0.6 is 0 Å². The van der Waals surface area contributed by atoms with Crippen molar-refractivity contribution in [1.29, 1.82) is 5.26 Å². The Kier molecular flexibility index (Phi) is 4.68. The molecule has 0 radical (unpaired) electrons. The molecule has 1 unspecified atom stereocenters. The molecule has 0 heterocycles. The molecule has 0 saturated heterocycles. The number of nitrogens with zero attached hydrogens (tertiary/aromatic N) is 1. The number of nitriles is 1. The van der Waals surface area contributed by atoms with E-state index in [2.05, 4.69) is 5.32 Å². The van der Waals surface area contributed by atoms with Gasteiger partial charge in [0.2, 0.25) is 0 Å². The summed E-state index contributed by atoms with van der Waals surface area (Å²) in [5.74, 6) is -0.173. The molecule has 2 N–H and O–H groups in total. The lowest BCUT2D eigenvalue weighted by Crippen LogP contribution is -2.33. The van der Waals surface area contributed by atoms with E-state index >= 15 is 0 Å². The summed E-state index contributed by atoms with van der Waals surface area (Å²) in [5.41, 5.74) is 1.88. The number of carbonyl (C=O) groups is 1. The molecule has 0 aliphatic rings. The van der Waals surface area contributed by atoms with Crippen molar-refractivity contribution in [3.63, 3.8) is 0 Å². The van der Waals surface area contributed by atoms with Gasteiger partial charge in [-0.05, 0) is 44.0 Å². The quantitative estimate of drug-likeness (QED) is 0.823. The van der Waals surface area contributed by atoms with E-state index in [1.54, 1.807) is 25.1 Å². The first-order valence-corrected chi connectivity index (χ1v) is 5.51. The van der Waals surface area contributed by atoms with Crippen molar-refractivity contribution in [2.45, 2.75) is 26.3 Å². The second-order valence-electron chi connectivity index (χ2n) is 4.03. The Hall–Kier alpha value is -1.86. The maximum Gasteiger partial charge on any atom is 0.251 e. The van der Waals surface area contributed by atoms with Crippen molar-refractivity contribution in [3.05, 3.63) is 34.9 Å². The summed E-state index contributed by atoms with van der Waals surface area (Å²) >= 11 is 0. The average molecular weight is 232 g/mol. The fraction of sp³-hybridized carbons (Fsp3) is 0.385. The van der Waals surface area contributed by atoms with E-state index in [1.807, 2.05) is 13.0 Å². The number of nitrogens with one attached hydrogen (secondary N) is 1. The predicted octanol–water partition coefficient (Wildman–Crippen LogP) is 1.37. The van der Waals surface area contributed by atoms with Gasteiger partial charge in [0.1, 0.15) is 0 Å².